The maximum atomic E-state index is 12.3. The van der Waals surface area contributed by atoms with Crippen LogP contribution in [0, 0.1) is 0 Å². The maximum absolute atomic E-state index is 12.3. The molecule has 5 heteroatoms. The van der Waals surface area contributed by atoms with Crippen LogP contribution in [0.15, 0.2) is 54.6 Å². The number of nitrogens with zero attached hydrogens (tertiary/aromatic N) is 2. The van der Waals surface area contributed by atoms with Gasteiger partial charge in [-0.1, -0.05) is 24.3 Å². The third-order valence-corrected chi connectivity index (χ3v) is 4.71. The predicted octanol–water partition coefficient (Wildman–Crippen LogP) is 4.37. The molecule has 0 saturated heterocycles. The van der Waals surface area contributed by atoms with Crippen molar-refractivity contribution in [2.45, 2.75) is 13.5 Å². The molecule has 25 heavy (non-hydrogen) atoms. The molecule has 0 N–H and O–H groups in total. The zero-order valence-electron chi connectivity index (χ0n) is 14.3. The summed E-state index contributed by atoms with van der Waals surface area (Å²) in [4.78, 5) is 18.5. The molecular formula is C20H20N2O2S. The molecule has 4 nitrogen and oxygen atoms in total. The average Bonchev–Trinajstić information content (AvgIpc) is 3.04. The first kappa shape index (κ1) is 17.2. The summed E-state index contributed by atoms with van der Waals surface area (Å²) in [5, 5.41) is 0.837. The standard InChI is InChI=1S/C20H20N2O2S/c1-3-24-16-10-8-15(9-11-16)14-22(2)20(23)13-12-19-21-17-6-4-5-7-18(17)25-19/h4-13H,3,14H2,1-2H3/b13-12+. The highest BCUT2D eigenvalue weighted by Crippen LogP contribution is 2.22. The Morgan fingerprint density at radius 3 is 2.68 bits per heavy atom. The van der Waals surface area contributed by atoms with Crippen molar-refractivity contribution < 1.29 is 9.53 Å². The van der Waals surface area contributed by atoms with Crippen molar-refractivity contribution in [2.24, 2.45) is 0 Å². The van der Waals surface area contributed by atoms with Gasteiger partial charge in [-0.05, 0) is 42.8 Å². The van der Waals surface area contributed by atoms with Gasteiger partial charge in [0.25, 0.3) is 0 Å². The number of hydrogen-bond donors (Lipinski definition) is 0. The summed E-state index contributed by atoms with van der Waals surface area (Å²) in [6.07, 6.45) is 3.36. The first-order valence-corrected chi connectivity index (χ1v) is 8.98. The number of ether oxygens (including phenoxy) is 1. The first-order chi connectivity index (χ1) is 12.2. The molecule has 3 aromatic rings. The second-order valence-electron chi connectivity index (χ2n) is 5.62. The van der Waals surface area contributed by atoms with Crippen molar-refractivity contribution in [2.75, 3.05) is 13.7 Å². The highest BCUT2D eigenvalue weighted by atomic mass is 32.1. The molecule has 0 atom stereocenters. The number of amides is 1. The SMILES string of the molecule is CCOc1ccc(CN(C)C(=O)/C=C/c2nc3ccccc3s2)cc1. The van der Waals surface area contributed by atoms with E-state index in [1.165, 1.54) is 0 Å². The van der Waals surface area contributed by atoms with Crippen LogP contribution < -0.4 is 4.74 Å². The van der Waals surface area contributed by atoms with E-state index in [0.717, 1.165) is 26.5 Å². The molecule has 0 aliphatic heterocycles. The molecule has 128 valence electrons. The summed E-state index contributed by atoms with van der Waals surface area (Å²) >= 11 is 1.58. The molecule has 0 bridgehead atoms. The molecule has 0 fully saturated rings. The van der Waals surface area contributed by atoms with Crippen molar-refractivity contribution in [3.8, 4) is 5.75 Å². The fourth-order valence-electron chi connectivity index (χ4n) is 2.44. The summed E-state index contributed by atoms with van der Waals surface area (Å²) in [6.45, 7) is 3.15. The van der Waals surface area contributed by atoms with Gasteiger partial charge < -0.3 is 9.64 Å². The summed E-state index contributed by atoms with van der Waals surface area (Å²) in [5.41, 5.74) is 2.02. The van der Waals surface area contributed by atoms with Crippen LogP contribution in [0.5, 0.6) is 5.75 Å². The highest BCUT2D eigenvalue weighted by molar-refractivity contribution is 7.19. The number of carbonyl (C=O) groups excluding carboxylic acids is 1. The number of benzene rings is 2. The van der Waals surface area contributed by atoms with E-state index in [4.69, 9.17) is 4.74 Å². The molecule has 1 heterocycles. The number of hydrogen-bond acceptors (Lipinski definition) is 4. The van der Waals surface area contributed by atoms with Gasteiger partial charge in [-0.2, -0.15) is 0 Å². The van der Waals surface area contributed by atoms with Gasteiger partial charge in [-0.25, -0.2) is 4.98 Å². The van der Waals surface area contributed by atoms with Gasteiger partial charge >= 0.3 is 0 Å². The smallest absolute Gasteiger partial charge is 0.246 e. The fraction of sp³-hybridized carbons (Fsp3) is 0.200. The molecule has 0 aliphatic carbocycles. The van der Waals surface area contributed by atoms with E-state index in [1.54, 1.807) is 35.4 Å². The maximum Gasteiger partial charge on any atom is 0.246 e. The largest absolute Gasteiger partial charge is 0.494 e. The lowest BCUT2D eigenvalue weighted by atomic mass is 10.2. The average molecular weight is 352 g/mol. The monoisotopic (exact) mass is 352 g/mol. The van der Waals surface area contributed by atoms with Crippen LogP contribution >= 0.6 is 11.3 Å². The molecule has 3 rings (SSSR count). The number of aromatic nitrogens is 1. The molecule has 1 aromatic heterocycles. The number of fused-ring (bicyclic) bond motifs is 1. The first-order valence-electron chi connectivity index (χ1n) is 8.16. The van der Waals surface area contributed by atoms with Crippen LogP contribution in [0.3, 0.4) is 0 Å². The van der Waals surface area contributed by atoms with Gasteiger partial charge in [0, 0.05) is 19.7 Å². The minimum atomic E-state index is -0.0480. The lowest BCUT2D eigenvalue weighted by Gasteiger charge is -2.15. The molecule has 0 unspecified atom stereocenters. The van der Waals surface area contributed by atoms with Crippen molar-refractivity contribution >= 4 is 33.5 Å². The summed E-state index contributed by atoms with van der Waals surface area (Å²) in [6, 6.07) is 15.8. The lowest BCUT2D eigenvalue weighted by Crippen LogP contribution is -2.24. The number of rotatable bonds is 6. The van der Waals surface area contributed by atoms with Gasteiger partial charge in [0.2, 0.25) is 5.91 Å². The van der Waals surface area contributed by atoms with Crippen LogP contribution in [0.25, 0.3) is 16.3 Å². The molecule has 0 radical (unpaired) electrons. The number of carbonyl (C=O) groups is 1. The number of thiazole rings is 1. The minimum Gasteiger partial charge on any atom is -0.494 e. The Morgan fingerprint density at radius 1 is 1.20 bits per heavy atom. The molecule has 1 amide bonds. The highest BCUT2D eigenvalue weighted by Gasteiger charge is 2.07. The predicted molar refractivity (Wildman–Crippen MR) is 103 cm³/mol. The van der Waals surface area contributed by atoms with Crippen LogP contribution in [-0.2, 0) is 11.3 Å². The quantitative estimate of drug-likeness (QED) is 0.619. The van der Waals surface area contributed by atoms with Crippen LogP contribution in [0.1, 0.15) is 17.5 Å². The zero-order chi connectivity index (χ0) is 17.6. The number of likely N-dealkylation sites (N-methyl/N-ethyl adjacent to an activating group) is 1. The third-order valence-electron chi connectivity index (χ3n) is 3.71. The van der Waals surface area contributed by atoms with E-state index < -0.39 is 0 Å². The minimum absolute atomic E-state index is 0.0480. The Hall–Kier alpha value is -2.66. The van der Waals surface area contributed by atoms with Crippen molar-refractivity contribution in [1.29, 1.82) is 0 Å². The summed E-state index contributed by atoms with van der Waals surface area (Å²) in [5.74, 6) is 0.795. The summed E-state index contributed by atoms with van der Waals surface area (Å²) in [7, 11) is 1.79. The Bertz CT molecular complexity index is 851. The van der Waals surface area contributed by atoms with E-state index in [-0.39, 0.29) is 5.91 Å². The molecule has 0 aliphatic rings. The van der Waals surface area contributed by atoms with Gasteiger partial charge in [0.05, 0.1) is 16.8 Å². The molecule has 2 aromatic carbocycles. The molecular weight excluding hydrogens is 332 g/mol. The van der Waals surface area contributed by atoms with E-state index >= 15 is 0 Å². The Kier molecular flexibility index (Phi) is 5.46. The van der Waals surface area contributed by atoms with E-state index in [2.05, 4.69) is 4.98 Å². The Balaban J connectivity index is 1.61. The van der Waals surface area contributed by atoms with E-state index in [0.29, 0.717) is 13.2 Å². The number of para-hydroxylation sites is 1. The van der Waals surface area contributed by atoms with E-state index in [1.807, 2.05) is 55.5 Å². The lowest BCUT2D eigenvalue weighted by molar-refractivity contribution is -0.125. The Morgan fingerprint density at radius 2 is 1.96 bits per heavy atom. The van der Waals surface area contributed by atoms with Gasteiger partial charge in [0.15, 0.2) is 0 Å². The van der Waals surface area contributed by atoms with Crippen molar-refractivity contribution in [1.82, 2.24) is 9.88 Å². The van der Waals surface area contributed by atoms with Crippen molar-refractivity contribution in [3.05, 3.63) is 65.2 Å². The van der Waals surface area contributed by atoms with Crippen LogP contribution in [0.4, 0.5) is 0 Å². The van der Waals surface area contributed by atoms with E-state index in [9.17, 15) is 4.79 Å². The topological polar surface area (TPSA) is 42.4 Å². The van der Waals surface area contributed by atoms with Gasteiger partial charge in [-0.3, -0.25) is 4.79 Å². The fourth-order valence-corrected chi connectivity index (χ4v) is 3.31. The second kappa shape index (κ2) is 7.94. The second-order valence-corrected chi connectivity index (χ2v) is 6.69. The van der Waals surface area contributed by atoms with Crippen molar-refractivity contribution in [3.63, 3.8) is 0 Å². The molecule has 0 spiro atoms. The zero-order valence-corrected chi connectivity index (χ0v) is 15.1. The molecule has 0 saturated carbocycles. The normalized spacial score (nSPS) is 11.1. The van der Waals surface area contributed by atoms with Crippen LogP contribution in [-0.4, -0.2) is 29.4 Å². The summed E-state index contributed by atoms with van der Waals surface area (Å²) < 4.78 is 6.55. The van der Waals surface area contributed by atoms with Gasteiger partial charge in [0.1, 0.15) is 10.8 Å². The Labute approximate surface area is 151 Å². The van der Waals surface area contributed by atoms with Gasteiger partial charge in [-0.15, -0.1) is 11.3 Å². The third kappa shape index (κ3) is 4.45. The van der Waals surface area contributed by atoms with Crippen LogP contribution in [0.2, 0.25) is 0 Å².